The van der Waals surface area contributed by atoms with E-state index in [2.05, 4.69) is 5.10 Å². The van der Waals surface area contributed by atoms with Crippen LogP contribution in [0.25, 0.3) is 5.69 Å². The van der Waals surface area contributed by atoms with Gasteiger partial charge >= 0.3 is 5.97 Å². The van der Waals surface area contributed by atoms with Gasteiger partial charge in [-0.15, -0.1) is 0 Å². The Balaban J connectivity index is 2.61. The first kappa shape index (κ1) is 12.6. The first-order valence-corrected chi connectivity index (χ1v) is 5.53. The lowest BCUT2D eigenvalue weighted by Gasteiger charge is -2.06. The number of nitrogens with zero attached hydrogens (tertiary/aromatic N) is 2. The zero-order chi connectivity index (χ0) is 13.3. The Morgan fingerprint density at radius 1 is 1.22 bits per heavy atom. The molecule has 1 heterocycles. The summed E-state index contributed by atoms with van der Waals surface area (Å²) >= 11 is 11.7. The minimum absolute atomic E-state index is 0.384. The second kappa shape index (κ2) is 4.80. The Morgan fingerprint density at radius 3 is 2.39 bits per heavy atom. The Labute approximate surface area is 111 Å². The Bertz CT molecular complexity index is 662. The lowest BCUT2D eigenvalue weighted by molar-refractivity contribution is 0.0687. The van der Waals surface area contributed by atoms with Gasteiger partial charge in [0, 0.05) is 22.3 Å². The van der Waals surface area contributed by atoms with Gasteiger partial charge in [-0.2, -0.15) is 5.10 Å². The molecule has 0 atom stereocenters. The fourth-order valence-corrected chi connectivity index (χ4v) is 1.89. The highest BCUT2D eigenvalue weighted by Crippen LogP contribution is 2.20. The molecule has 0 saturated heterocycles. The van der Waals surface area contributed by atoms with Gasteiger partial charge in [-0.1, -0.05) is 23.2 Å². The average molecular weight is 285 g/mol. The third kappa shape index (κ3) is 2.52. The molecule has 0 radical (unpaired) electrons. The van der Waals surface area contributed by atoms with Crippen molar-refractivity contribution in [3.05, 3.63) is 56.4 Å². The van der Waals surface area contributed by atoms with E-state index in [1.165, 1.54) is 16.9 Å². The molecule has 0 fully saturated rings. The van der Waals surface area contributed by atoms with Crippen LogP contribution in [0.5, 0.6) is 0 Å². The Morgan fingerprint density at radius 2 is 1.83 bits per heavy atom. The van der Waals surface area contributed by atoms with Crippen LogP contribution in [0.15, 0.2) is 35.3 Å². The third-order valence-electron chi connectivity index (χ3n) is 2.12. The zero-order valence-electron chi connectivity index (χ0n) is 8.80. The molecule has 2 aromatic rings. The van der Waals surface area contributed by atoms with E-state index in [1.807, 2.05) is 0 Å². The number of hydrogen-bond acceptors (Lipinski definition) is 3. The predicted molar refractivity (Wildman–Crippen MR) is 66.8 cm³/mol. The highest BCUT2D eigenvalue weighted by Gasteiger charge is 2.11. The molecule has 0 saturated carbocycles. The number of benzene rings is 1. The van der Waals surface area contributed by atoms with E-state index in [0.717, 1.165) is 6.07 Å². The van der Waals surface area contributed by atoms with Crippen LogP contribution in [0.4, 0.5) is 0 Å². The second-order valence-corrected chi connectivity index (χ2v) is 4.28. The van der Waals surface area contributed by atoms with Crippen LogP contribution < -0.4 is 5.43 Å². The molecule has 7 heteroatoms. The van der Waals surface area contributed by atoms with Crippen molar-refractivity contribution in [2.75, 3.05) is 0 Å². The SMILES string of the molecule is O=C(O)c1nn(-c2cc(Cl)cc(Cl)c2)ccc1=O. The number of hydrogen-bond donors (Lipinski definition) is 1. The van der Waals surface area contributed by atoms with Gasteiger partial charge in [0.1, 0.15) is 0 Å². The summed E-state index contributed by atoms with van der Waals surface area (Å²) in [6, 6.07) is 5.76. The predicted octanol–water partition coefficient (Wildman–Crippen LogP) is 2.24. The van der Waals surface area contributed by atoms with Crippen LogP contribution in [0.2, 0.25) is 10.0 Å². The topological polar surface area (TPSA) is 72.2 Å². The summed E-state index contributed by atoms with van der Waals surface area (Å²) in [5.74, 6) is -1.39. The first-order valence-electron chi connectivity index (χ1n) is 4.77. The van der Waals surface area contributed by atoms with E-state index < -0.39 is 17.1 Å². The summed E-state index contributed by atoms with van der Waals surface area (Å²) in [5.41, 5.74) is -0.754. The largest absolute Gasteiger partial charge is 0.476 e. The first-order chi connectivity index (χ1) is 8.47. The van der Waals surface area contributed by atoms with Crippen LogP contribution in [0, 0.1) is 0 Å². The molecule has 5 nitrogen and oxygen atoms in total. The van der Waals surface area contributed by atoms with Gasteiger partial charge < -0.3 is 5.11 Å². The summed E-state index contributed by atoms with van der Waals surface area (Å²) in [5, 5.41) is 13.3. The summed E-state index contributed by atoms with van der Waals surface area (Å²) < 4.78 is 1.22. The zero-order valence-corrected chi connectivity index (χ0v) is 10.3. The molecule has 1 aromatic heterocycles. The van der Waals surface area contributed by atoms with E-state index >= 15 is 0 Å². The van der Waals surface area contributed by atoms with Crippen LogP contribution >= 0.6 is 23.2 Å². The van der Waals surface area contributed by atoms with Gasteiger partial charge in [-0.25, -0.2) is 9.48 Å². The molecule has 0 amide bonds. The van der Waals surface area contributed by atoms with Crippen LogP contribution in [-0.2, 0) is 0 Å². The fraction of sp³-hybridized carbons (Fsp3) is 0. The van der Waals surface area contributed by atoms with Crippen molar-refractivity contribution in [3.8, 4) is 5.69 Å². The lowest BCUT2D eigenvalue weighted by atomic mass is 10.3. The maximum Gasteiger partial charge on any atom is 0.360 e. The van der Waals surface area contributed by atoms with Crippen molar-refractivity contribution in [2.24, 2.45) is 0 Å². The highest BCUT2D eigenvalue weighted by molar-refractivity contribution is 6.34. The van der Waals surface area contributed by atoms with Crippen LogP contribution in [0.1, 0.15) is 10.5 Å². The normalized spacial score (nSPS) is 10.3. The van der Waals surface area contributed by atoms with Crippen molar-refractivity contribution >= 4 is 29.2 Å². The quantitative estimate of drug-likeness (QED) is 0.918. The van der Waals surface area contributed by atoms with Crippen molar-refractivity contribution in [1.29, 1.82) is 0 Å². The molecule has 0 aliphatic rings. The lowest BCUT2D eigenvalue weighted by Crippen LogP contribution is -2.20. The number of carboxylic acids is 1. The van der Waals surface area contributed by atoms with E-state index in [-0.39, 0.29) is 0 Å². The number of aromatic nitrogens is 2. The van der Waals surface area contributed by atoms with Gasteiger partial charge in [-0.05, 0) is 18.2 Å². The number of halogens is 2. The molecule has 1 aromatic carbocycles. The van der Waals surface area contributed by atoms with E-state index in [9.17, 15) is 9.59 Å². The minimum Gasteiger partial charge on any atom is -0.476 e. The molecule has 92 valence electrons. The van der Waals surface area contributed by atoms with E-state index in [0.29, 0.717) is 15.7 Å². The summed E-state index contributed by atoms with van der Waals surface area (Å²) in [6.07, 6.45) is 1.34. The third-order valence-corrected chi connectivity index (χ3v) is 2.56. The Kier molecular flexibility index (Phi) is 3.36. The molecule has 0 bridgehead atoms. The maximum atomic E-state index is 11.3. The van der Waals surface area contributed by atoms with Gasteiger partial charge in [-0.3, -0.25) is 4.79 Å². The van der Waals surface area contributed by atoms with E-state index in [4.69, 9.17) is 28.3 Å². The van der Waals surface area contributed by atoms with Crippen molar-refractivity contribution < 1.29 is 9.90 Å². The van der Waals surface area contributed by atoms with Gasteiger partial charge in [0.05, 0.1) is 5.69 Å². The van der Waals surface area contributed by atoms with Gasteiger partial charge in [0.15, 0.2) is 0 Å². The molecule has 1 N–H and O–H groups in total. The van der Waals surface area contributed by atoms with Gasteiger partial charge in [0.25, 0.3) is 0 Å². The minimum atomic E-state index is -1.39. The average Bonchev–Trinajstić information content (AvgIpc) is 2.27. The monoisotopic (exact) mass is 284 g/mol. The Hall–Kier alpha value is -1.85. The highest BCUT2D eigenvalue weighted by atomic mass is 35.5. The molecule has 0 spiro atoms. The summed E-state index contributed by atoms with van der Waals surface area (Å²) in [6.45, 7) is 0. The molecular formula is C11H6Cl2N2O3. The van der Waals surface area contributed by atoms with Crippen LogP contribution in [-0.4, -0.2) is 20.9 Å². The molecule has 2 rings (SSSR count). The van der Waals surface area contributed by atoms with Crippen molar-refractivity contribution in [1.82, 2.24) is 9.78 Å². The number of carboxylic acid groups (broad SMARTS) is 1. The molecule has 0 unspecified atom stereocenters. The van der Waals surface area contributed by atoms with Crippen LogP contribution in [0.3, 0.4) is 0 Å². The fourth-order valence-electron chi connectivity index (χ4n) is 1.37. The van der Waals surface area contributed by atoms with Gasteiger partial charge in [0.2, 0.25) is 11.1 Å². The molecule has 18 heavy (non-hydrogen) atoms. The number of carbonyl (C=O) groups is 1. The standard InChI is InChI=1S/C11H6Cl2N2O3/c12-6-3-7(13)5-8(4-6)15-2-1-9(16)10(14-15)11(17)18/h1-5H,(H,17,18). The number of aromatic carboxylic acids is 1. The van der Waals surface area contributed by atoms with Crippen molar-refractivity contribution in [3.63, 3.8) is 0 Å². The smallest absolute Gasteiger partial charge is 0.360 e. The molecular weight excluding hydrogens is 279 g/mol. The summed E-state index contributed by atoms with van der Waals surface area (Å²) in [7, 11) is 0. The maximum absolute atomic E-state index is 11.3. The summed E-state index contributed by atoms with van der Waals surface area (Å²) in [4.78, 5) is 22.1. The molecule has 0 aliphatic carbocycles. The van der Waals surface area contributed by atoms with E-state index in [1.54, 1.807) is 12.1 Å². The van der Waals surface area contributed by atoms with Crippen molar-refractivity contribution in [2.45, 2.75) is 0 Å². The molecule has 0 aliphatic heterocycles. The second-order valence-electron chi connectivity index (χ2n) is 3.41. The number of rotatable bonds is 2.